The van der Waals surface area contributed by atoms with Crippen LogP contribution in [0.4, 0.5) is 13.2 Å². The molecule has 1 aliphatic carbocycles. The molecule has 0 aromatic heterocycles. The highest BCUT2D eigenvalue weighted by atomic mass is 35.5. The maximum absolute atomic E-state index is 14.2. The first-order chi connectivity index (χ1) is 14.6. The molecule has 0 spiro atoms. The van der Waals surface area contributed by atoms with Crippen molar-refractivity contribution in [2.24, 2.45) is 10.9 Å². The molecule has 2 atom stereocenters. The molecule has 1 aliphatic heterocycles. The Balaban J connectivity index is 1.55. The summed E-state index contributed by atoms with van der Waals surface area (Å²) < 4.78 is 42.6. The molecular weight excluding hydrogens is 448 g/mol. The van der Waals surface area contributed by atoms with Gasteiger partial charge < -0.3 is 5.32 Å². The molecule has 1 heterocycles. The van der Waals surface area contributed by atoms with Gasteiger partial charge in [0.05, 0.1) is 12.6 Å². The third-order valence-corrected chi connectivity index (χ3v) is 6.45. The largest absolute Gasteiger partial charge is 0.400 e. The predicted molar refractivity (Wildman–Crippen MR) is 116 cm³/mol. The van der Waals surface area contributed by atoms with Gasteiger partial charge in [0.1, 0.15) is 5.41 Å². The summed E-state index contributed by atoms with van der Waals surface area (Å²) in [6, 6.07) is 11.0. The molecule has 1 fully saturated rings. The molecule has 1 saturated carbocycles. The van der Waals surface area contributed by atoms with E-state index in [1.165, 1.54) is 18.2 Å². The zero-order chi connectivity index (χ0) is 22.4. The van der Waals surface area contributed by atoms with Gasteiger partial charge in [-0.2, -0.15) is 13.2 Å². The number of benzene rings is 2. The van der Waals surface area contributed by atoms with E-state index in [4.69, 9.17) is 23.2 Å². The Morgan fingerprint density at radius 3 is 2.29 bits per heavy atom. The molecule has 0 saturated heterocycles. The average molecular weight is 469 g/mol. The van der Waals surface area contributed by atoms with Crippen molar-refractivity contribution in [3.63, 3.8) is 0 Å². The smallest absolute Gasteiger partial charge is 0.349 e. The number of hydrogen-bond donors (Lipinski definition) is 1. The minimum absolute atomic E-state index is 0.0179. The molecule has 4 rings (SSSR count). The Morgan fingerprint density at radius 2 is 1.74 bits per heavy atom. The van der Waals surface area contributed by atoms with E-state index in [0.29, 0.717) is 11.3 Å². The SMILES string of the molecule is CC(NC(=O)C1CC1)c1ccc(C2=NCC(c3cc(Cl)cc(Cl)c3)(C(F)(F)F)C2)cc1. The molecule has 2 aromatic carbocycles. The molecule has 2 aliphatic rings. The van der Waals surface area contributed by atoms with Crippen molar-refractivity contribution < 1.29 is 18.0 Å². The van der Waals surface area contributed by atoms with Gasteiger partial charge >= 0.3 is 6.18 Å². The topological polar surface area (TPSA) is 41.5 Å². The normalized spacial score (nSPS) is 22.2. The first-order valence-electron chi connectivity index (χ1n) is 10.1. The minimum atomic E-state index is -4.52. The molecular formula is C23H21Cl2F3N2O. The molecule has 1 amide bonds. The third-order valence-electron chi connectivity index (χ3n) is 6.02. The van der Waals surface area contributed by atoms with E-state index >= 15 is 0 Å². The summed E-state index contributed by atoms with van der Waals surface area (Å²) in [4.78, 5) is 16.2. The Labute approximate surface area is 188 Å². The lowest BCUT2D eigenvalue weighted by Gasteiger charge is -2.31. The van der Waals surface area contributed by atoms with Crippen LogP contribution in [0.25, 0.3) is 0 Å². The molecule has 0 radical (unpaired) electrons. The number of halogens is 5. The van der Waals surface area contributed by atoms with Gasteiger partial charge in [-0.15, -0.1) is 0 Å². The number of carbonyl (C=O) groups is 1. The summed E-state index contributed by atoms with van der Waals surface area (Å²) >= 11 is 12.0. The van der Waals surface area contributed by atoms with E-state index < -0.39 is 18.1 Å². The van der Waals surface area contributed by atoms with E-state index in [9.17, 15) is 18.0 Å². The molecule has 3 nitrogen and oxygen atoms in total. The Morgan fingerprint density at radius 1 is 1.13 bits per heavy atom. The quantitative estimate of drug-likeness (QED) is 0.551. The van der Waals surface area contributed by atoms with Gasteiger partial charge in [-0.25, -0.2) is 0 Å². The lowest BCUT2D eigenvalue weighted by molar-refractivity contribution is -0.183. The predicted octanol–water partition coefficient (Wildman–Crippen LogP) is 6.27. The van der Waals surface area contributed by atoms with Crippen LogP contribution in [-0.4, -0.2) is 24.3 Å². The fraction of sp³-hybridized carbons (Fsp3) is 0.391. The van der Waals surface area contributed by atoms with Crippen LogP contribution in [0.2, 0.25) is 10.0 Å². The number of amides is 1. The van der Waals surface area contributed by atoms with Crippen LogP contribution in [-0.2, 0) is 10.2 Å². The molecule has 164 valence electrons. The minimum Gasteiger partial charge on any atom is -0.349 e. The highest BCUT2D eigenvalue weighted by Crippen LogP contribution is 2.48. The van der Waals surface area contributed by atoms with Crippen molar-refractivity contribution in [2.45, 2.75) is 43.8 Å². The molecule has 1 N–H and O–H groups in total. The molecule has 0 bridgehead atoms. The van der Waals surface area contributed by atoms with Gasteiger partial charge in [0.25, 0.3) is 0 Å². The summed E-state index contributed by atoms with van der Waals surface area (Å²) in [6.45, 7) is 1.47. The fourth-order valence-electron chi connectivity index (χ4n) is 3.92. The molecule has 2 unspecified atom stereocenters. The van der Waals surface area contributed by atoms with Gasteiger partial charge in [-0.05, 0) is 54.7 Å². The number of carbonyl (C=O) groups excluding carboxylic acids is 1. The van der Waals surface area contributed by atoms with E-state index in [1.54, 1.807) is 12.1 Å². The first-order valence-corrected chi connectivity index (χ1v) is 10.8. The third kappa shape index (κ3) is 4.46. The van der Waals surface area contributed by atoms with Gasteiger partial charge in [-0.1, -0.05) is 47.5 Å². The second kappa shape index (κ2) is 8.14. The summed E-state index contributed by atoms with van der Waals surface area (Å²) in [7, 11) is 0. The fourth-order valence-corrected chi connectivity index (χ4v) is 4.45. The summed E-state index contributed by atoms with van der Waals surface area (Å²) in [5, 5.41) is 3.29. The lowest BCUT2D eigenvalue weighted by atomic mass is 9.76. The summed E-state index contributed by atoms with van der Waals surface area (Å²) in [5.41, 5.74) is -0.246. The van der Waals surface area contributed by atoms with Crippen molar-refractivity contribution in [2.75, 3.05) is 6.54 Å². The van der Waals surface area contributed by atoms with Gasteiger partial charge in [0.15, 0.2) is 0 Å². The molecule has 8 heteroatoms. The zero-order valence-electron chi connectivity index (χ0n) is 16.8. The zero-order valence-corrected chi connectivity index (χ0v) is 18.3. The van der Waals surface area contributed by atoms with Gasteiger partial charge in [-0.3, -0.25) is 9.79 Å². The van der Waals surface area contributed by atoms with Crippen molar-refractivity contribution in [3.05, 3.63) is 69.2 Å². The van der Waals surface area contributed by atoms with Gasteiger partial charge in [0.2, 0.25) is 5.91 Å². The number of aliphatic imine (C=N–C) groups is 1. The Hall–Kier alpha value is -2.05. The second-order valence-electron chi connectivity index (χ2n) is 8.30. The highest BCUT2D eigenvalue weighted by Gasteiger charge is 2.58. The van der Waals surface area contributed by atoms with Gasteiger partial charge in [0, 0.05) is 28.1 Å². The number of nitrogens with one attached hydrogen (secondary N) is 1. The van der Waals surface area contributed by atoms with E-state index in [1.807, 2.05) is 19.1 Å². The van der Waals surface area contributed by atoms with Crippen LogP contribution in [0.1, 0.15) is 48.9 Å². The lowest BCUT2D eigenvalue weighted by Crippen LogP contribution is -2.43. The maximum atomic E-state index is 14.2. The number of alkyl halides is 3. The van der Waals surface area contributed by atoms with Crippen LogP contribution in [0.3, 0.4) is 0 Å². The molecule has 31 heavy (non-hydrogen) atoms. The first kappa shape index (κ1) is 22.2. The highest BCUT2D eigenvalue weighted by molar-refractivity contribution is 6.34. The number of hydrogen-bond acceptors (Lipinski definition) is 2. The van der Waals surface area contributed by atoms with E-state index in [0.717, 1.165) is 18.4 Å². The summed E-state index contributed by atoms with van der Waals surface area (Å²) in [6.07, 6.45) is -2.96. The van der Waals surface area contributed by atoms with Crippen LogP contribution in [0.5, 0.6) is 0 Å². The van der Waals surface area contributed by atoms with Crippen LogP contribution < -0.4 is 5.32 Å². The van der Waals surface area contributed by atoms with E-state index in [-0.39, 0.29) is 39.9 Å². The second-order valence-corrected chi connectivity index (χ2v) is 9.18. The Bertz CT molecular complexity index is 1010. The number of nitrogens with zero attached hydrogens (tertiary/aromatic N) is 1. The van der Waals surface area contributed by atoms with Crippen molar-refractivity contribution in [1.82, 2.24) is 5.32 Å². The number of rotatable bonds is 5. The van der Waals surface area contributed by atoms with Crippen LogP contribution >= 0.6 is 23.2 Å². The Kier molecular flexibility index (Phi) is 5.81. The van der Waals surface area contributed by atoms with Crippen LogP contribution in [0.15, 0.2) is 47.5 Å². The monoisotopic (exact) mass is 468 g/mol. The van der Waals surface area contributed by atoms with Crippen molar-refractivity contribution >= 4 is 34.8 Å². The van der Waals surface area contributed by atoms with Crippen molar-refractivity contribution in [3.8, 4) is 0 Å². The summed E-state index contributed by atoms with van der Waals surface area (Å²) in [5.74, 6) is 0.164. The molecule has 2 aromatic rings. The van der Waals surface area contributed by atoms with Crippen molar-refractivity contribution in [1.29, 1.82) is 0 Å². The maximum Gasteiger partial charge on any atom is 0.400 e. The van der Waals surface area contributed by atoms with Crippen LogP contribution in [0, 0.1) is 5.92 Å². The average Bonchev–Trinajstić information content (AvgIpc) is 3.44. The standard InChI is InChI=1S/C23H21Cl2F3N2O/c1-13(30-21(31)16-6-7-16)14-2-4-15(5-3-14)20-11-22(12-29-20,23(26,27)28)17-8-18(24)10-19(25)9-17/h2-5,8-10,13,16H,6-7,11-12H2,1H3,(H,30,31). The van der Waals surface area contributed by atoms with E-state index in [2.05, 4.69) is 10.3 Å².